The van der Waals surface area contributed by atoms with Crippen LogP contribution in [0.4, 0.5) is 24.5 Å². The Balaban J connectivity index is 2.08. The van der Waals surface area contributed by atoms with Crippen molar-refractivity contribution in [3.63, 3.8) is 0 Å². The molecule has 2 atom stereocenters. The van der Waals surface area contributed by atoms with Gasteiger partial charge in [0.1, 0.15) is 0 Å². The van der Waals surface area contributed by atoms with Gasteiger partial charge in [-0.05, 0) is 25.1 Å². The smallest absolute Gasteiger partial charge is 0.378 e. The summed E-state index contributed by atoms with van der Waals surface area (Å²) in [5.74, 6) is -0.638. The summed E-state index contributed by atoms with van der Waals surface area (Å²) in [4.78, 5) is 14.1. The minimum Gasteiger partial charge on any atom is -0.378 e. The van der Waals surface area contributed by atoms with E-state index in [0.717, 1.165) is 12.1 Å². The zero-order valence-corrected chi connectivity index (χ0v) is 11.4. The van der Waals surface area contributed by atoms with Gasteiger partial charge in [0.05, 0.1) is 42.1 Å². The number of ether oxygens (including phenoxy) is 1. The van der Waals surface area contributed by atoms with E-state index in [1.807, 2.05) is 11.8 Å². The maximum atomic E-state index is 12.8. The molecule has 0 bridgehead atoms. The number of likely N-dealkylation sites (N-methyl/N-ethyl adjacent to an activating group) is 1. The third-order valence-corrected chi connectivity index (χ3v) is 4.02. The number of rotatable bonds is 1. The Labute approximate surface area is 119 Å². The lowest BCUT2D eigenvalue weighted by Crippen LogP contribution is -2.42. The van der Waals surface area contributed by atoms with E-state index in [2.05, 4.69) is 5.32 Å². The molecule has 1 fully saturated rings. The van der Waals surface area contributed by atoms with Gasteiger partial charge in [-0.1, -0.05) is 0 Å². The quantitative estimate of drug-likeness (QED) is 0.866. The SMILES string of the molecule is CCN1c2ccc(C(F)(F)F)cc2NC(=O)C2COCC21. The molecule has 21 heavy (non-hydrogen) atoms. The molecular weight excluding hydrogens is 285 g/mol. The largest absolute Gasteiger partial charge is 0.416 e. The third-order valence-electron chi connectivity index (χ3n) is 4.02. The van der Waals surface area contributed by atoms with Crippen LogP contribution in [0.5, 0.6) is 0 Å². The van der Waals surface area contributed by atoms with Gasteiger partial charge >= 0.3 is 6.18 Å². The molecule has 1 amide bonds. The summed E-state index contributed by atoms with van der Waals surface area (Å²) >= 11 is 0. The maximum Gasteiger partial charge on any atom is 0.416 e. The normalized spacial score (nSPS) is 25.1. The van der Waals surface area contributed by atoms with Crippen LogP contribution in [0.2, 0.25) is 0 Å². The fourth-order valence-electron chi connectivity index (χ4n) is 2.97. The van der Waals surface area contributed by atoms with Crippen molar-refractivity contribution in [3.8, 4) is 0 Å². The van der Waals surface area contributed by atoms with Crippen molar-refractivity contribution in [1.29, 1.82) is 0 Å². The molecule has 3 rings (SSSR count). The molecule has 1 saturated heterocycles. The Morgan fingerprint density at radius 3 is 2.81 bits per heavy atom. The number of nitrogens with zero attached hydrogens (tertiary/aromatic N) is 1. The molecule has 1 aromatic rings. The van der Waals surface area contributed by atoms with E-state index in [1.165, 1.54) is 6.07 Å². The molecular formula is C14H15F3N2O2. The number of alkyl halides is 3. The number of amides is 1. The monoisotopic (exact) mass is 300 g/mol. The molecule has 0 saturated carbocycles. The molecule has 2 heterocycles. The van der Waals surface area contributed by atoms with Gasteiger partial charge in [-0.25, -0.2) is 0 Å². The van der Waals surface area contributed by atoms with Crippen LogP contribution in [0.25, 0.3) is 0 Å². The summed E-state index contributed by atoms with van der Waals surface area (Å²) in [6.07, 6.45) is -4.43. The second-order valence-corrected chi connectivity index (χ2v) is 5.22. The zero-order chi connectivity index (χ0) is 15.2. The van der Waals surface area contributed by atoms with Crippen molar-refractivity contribution in [3.05, 3.63) is 23.8 Å². The summed E-state index contributed by atoms with van der Waals surface area (Å²) in [6, 6.07) is 3.33. The Hall–Kier alpha value is -1.76. The highest BCUT2D eigenvalue weighted by molar-refractivity contribution is 5.98. The Morgan fingerprint density at radius 2 is 2.14 bits per heavy atom. The third kappa shape index (κ3) is 2.35. The molecule has 1 aromatic carbocycles. The van der Waals surface area contributed by atoms with E-state index >= 15 is 0 Å². The standard InChI is InChI=1S/C14H15F3N2O2/c1-2-19-11-4-3-8(14(15,16)17)5-10(11)18-13(20)9-6-21-7-12(9)19/h3-5,9,12H,2,6-7H2,1H3,(H,18,20). The molecule has 0 aromatic heterocycles. The number of hydrogen-bond donors (Lipinski definition) is 1. The van der Waals surface area contributed by atoms with E-state index in [-0.39, 0.29) is 23.6 Å². The number of nitrogens with one attached hydrogen (secondary N) is 1. The predicted octanol–water partition coefficient (Wildman–Crippen LogP) is 2.50. The molecule has 114 valence electrons. The highest BCUT2D eigenvalue weighted by Gasteiger charge is 2.41. The number of carbonyl (C=O) groups excluding carboxylic acids is 1. The lowest BCUT2D eigenvalue weighted by Gasteiger charge is -2.30. The lowest BCUT2D eigenvalue weighted by atomic mass is 10.0. The van der Waals surface area contributed by atoms with Gasteiger partial charge in [0.15, 0.2) is 0 Å². The van der Waals surface area contributed by atoms with Crippen LogP contribution >= 0.6 is 0 Å². The van der Waals surface area contributed by atoms with Crippen molar-refractivity contribution in [2.45, 2.75) is 19.1 Å². The number of hydrogen-bond acceptors (Lipinski definition) is 3. The van der Waals surface area contributed by atoms with Crippen LogP contribution in [0, 0.1) is 5.92 Å². The van der Waals surface area contributed by atoms with E-state index in [0.29, 0.717) is 25.4 Å². The molecule has 2 aliphatic heterocycles. The molecule has 0 aliphatic carbocycles. The second-order valence-electron chi connectivity index (χ2n) is 5.22. The van der Waals surface area contributed by atoms with Crippen LogP contribution < -0.4 is 10.2 Å². The van der Waals surface area contributed by atoms with Crippen molar-refractivity contribution in [2.24, 2.45) is 5.92 Å². The fraction of sp³-hybridized carbons (Fsp3) is 0.500. The van der Waals surface area contributed by atoms with Gasteiger partial charge in [-0.2, -0.15) is 13.2 Å². The van der Waals surface area contributed by atoms with E-state index in [9.17, 15) is 18.0 Å². The van der Waals surface area contributed by atoms with Crippen LogP contribution in [0.3, 0.4) is 0 Å². The average Bonchev–Trinajstić information content (AvgIpc) is 2.85. The molecule has 2 aliphatic rings. The van der Waals surface area contributed by atoms with Crippen LogP contribution in [-0.4, -0.2) is 31.7 Å². The van der Waals surface area contributed by atoms with Crippen molar-refractivity contribution in [2.75, 3.05) is 30.0 Å². The number of anilines is 2. The van der Waals surface area contributed by atoms with E-state index < -0.39 is 11.7 Å². The van der Waals surface area contributed by atoms with Crippen molar-refractivity contribution >= 4 is 17.3 Å². The predicted molar refractivity (Wildman–Crippen MR) is 71.2 cm³/mol. The number of halogens is 3. The molecule has 1 N–H and O–H groups in total. The Kier molecular flexibility index (Phi) is 3.32. The number of benzene rings is 1. The average molecular weight is 300 g/mol. The minimum absolute atomic E-state index is 0.131. The summed E-state index contributed by atoms with van der Waals surface area (Å²) in [5, 5.41) is 2.61. The summed E-state index contributed by atoms with van der Waals surface area (Å²) < 4.78 is 43.8. The molecule has 4 nitrogen and oxygen atoms in total. The Bertz CT molecular complexity index is 574. The number of carbonyl (C=O) groups is 1. The first-order chi connectivity index (χ1) is 9.91. The van der Waals surface area contributed by atoms with E-state index in [1.54, 1.807) is 0 Å². The lowest BCUT2D eigenvalue weighted by molar-refractivity contribution is -0.137. The topological polar surface area (TPSA) is 41.6 Å². The first-order valence-corrected chi connectivity index (χ1v) is 6.78. The highest BCUT2D eigenvalue weighted by atomic mass is 19.4. The Morgan fingerprint density at radius 1 is 1.38 bits per heavy atom. The van der Waals surface area contributed by atoms with Crippen LogP contribution in [0.1, 0.15) is 12.5 Å². The van der Waals surface area contributed by atoms with Crippen molar-refractivity contribution < 1.29 is 22.7 Å². The first-order valence-electron chi connectivity index (χ1n) is 6.78. The van der Waals surface area contributed by atoms with Gasteiger partial charge in [0.2, 0.25) is 5.91 Å². The second kappa shape index (κ2) is 4.91. The van der Waals surface area contributed by atoms with Gasteiger partial charge in [-0.15, -0.1) is 0 Å². The fourth-order valence-corrected chi connectivity index (χ4v) is 2.97. The van der Waals surface area contributed by atoms with Crippen LogP contribution in [0.15, 0.2) is 18.2 Å². The zero-order valence-electron chi connectivity index (χ0n) is 11.4. The molecule has 0 spiro atoms. The molecule has 0 radical (unpaired) electrons. The summed E-state index contributed by atoms with van der Waals surface area (Å²) in [6.45, 7) is 3.21. The minimum atomic E-state index is -4.43. The molecule has 7 heteroatoms. The summed E-state index contributed by atoms with van der Waals surface area (Å²) in [7, 11) is 0. The van der Waals surface area contributed by atoms with Crippen molar-refractivity contribution in [1.82, 2.24) is 0 Å². The highest BCUT2D eigenvalue weighted by Crippen LogP contribution is 2.39. The van der Waals surface area contributed by atoms with Gasteiger partial charge < -0.3 is 15.0 Å². The first kappa shape index (κ1) is 14.2. The van der Waals surface area contributed by atoms with Gasteiger partial charge in [0.25, 0.3) is 0 Å². The van der Waals surface area contributed by atoms with Crippen LogP contribution in [-0.2, 0) is 15.7 Å². The number of fused-ring (bicyclic) bond motifs is 2. The summed E-state index contributed by atoms with van der Waals surface area (Å²) in [5.41, 5.74) is 0.0591. The van der Waals surface area contributed by atoms with E-state index in [4.69, 9.17) is 4.74 Å². The molecule has 2 unspecified atom stereocenters. The maximum absolute atomic E-state index is 12.8. The van der Waals surface area contributed by atoms with Gasteiger partial charge in [-0.3, -0.25) is 4.79 Å². The van der Waals surface area contributed by atoms with Gasteiger partial charge in [0, 0.05) is 6.54 Å².